The van der Waals surface area contributed by atoms with Crippen LogP contribution in [-0.2, 0) is 4.79 Å². The molecule has 3 heteroatoms. The fourth-order valence-corrected chi connectivity index (χ4v) is 2.28. The number of nitrogens with zero attached hydrogens (tertiary/aromatic N) is 1. The minimum atomic E-state index is 0.216. The molecule has 1 aliphatic heterocycles. The molecule has 98 valence electrons. The molecule has 3 nitrogen and oxygen atoms in total. The number of ether oxygens (including phenoxy) is 1. The average Bonchev–Trinajstić information content (AvgIpc) is 2.79. The van der Waals surface area contributed by atoms with Gasteiger partial charge in [-0.25, -0.2) is 0 Å². The van der Waals surface area contributed by atoms with Gasteiger partial charge in [0.2, 0.25) is 5.91 Å². The maximum Gasteiger partial charge on any atom is 0.223 e. The molecule has 0 radical (unpaired) electrons. The van der Waals surface area contributed by atoms with Gasteiger partial charge in [0.15, 0.2) is 0 Å². The van der Waals surface area contributed by atoms with Crippen LogP contribution in [0.25, 0.3) is 0 Å². The zero-order valence-corrected chi connectivity index (χ0v) is 11.2. The van der Waals surface area contributed by atoms with Gasteiger partial charge < -0.3 is 9.64 Å². The average molecular weight is 247 g/mol. The fourth-order valence-electron chi connectivity index (χ4n) is 2.28. The van der Waals surface area contributed by atoms with Crippen molar-refractivity contribution in [3.63, 3.8) is 0 Å². The minimum absolute atomic E-state index is 0.216. The van der Waals surface area contributed by atoms with E-state index >= 15 is 0 Å². The molecule has 0 bridgehead atoms. The van der Waals surface area contributed by atoms with E-state index < -0.39 is 0 Å². The SMILES string of the molecule is CCCCN(C)C(=O)CC1COc2ccccc21. The number of carbonyl (C=O) groups is 1. The second-order valence-electron chi connectivity index (χ2n) is 4.92. The molecule has 1 heterocycles. The summed E-state index contributed by atoms with van der Waals surface area (Å²) in [7, 11) is 1.89. The van der Waals surface area contributed by atoms with Crippen molar-refractivity contribution in [2.45, 2.75) is 32.1 Å². The van der Waals surface area contributed by atoms with Crippen LogP contribution in [0.4, 0.5) is 0 Å². The third-order valence-electron chi connectivity index (χ3n) is 3.49. The molecule has 0 spiro atoms. The molecule has 0 aliphatic carbocycles. The lowest BCUT2D eigenvalue weighted by atomic mass is 9.97. The number of hydrogen-bond donors (Lipinski definition) is 0. The van der Waals surface area contributed by atoms with Gasteiger partial charge in [-0.15, -0.1) is 0 Å². The van der Waals surface area contributed by atoms with Crippen molar-refractivity contribution >= 4 is 5.91 Å². The maximum atomic E-state index is 12.1. The maximum absolute atomic E-state index is 12.1. The van der Waals surface area contributed by atoms with E-state index in [4.69, 9.17) is 4.74 Å². The molecular weight excluding hydrogens is 226 g/mol. The summed E-state index contributed by atoms with van der Waals surface area (Å²) in [4.78, 5) is 13.9. The summed E-state index contributed by atoms with van der Waals surface area (Å²) < 4.78 is 5.60. The Labute approximate surface area is 109 Å². The molecule has 0 fully saturated rings. The molecule has 1 amide bonds. The van der Waals surface area contributed by atoms with Gasteiger partial charge in [-0.1, -0.05) is 31.5 Å². The van der Waals surface area contributed by atoms with Crippen LogP contribution in [0.3, 0.4) is 0 Å². The summed E-state index contributed by atoms with van der Waals surface area (Å²) >= 11 is 0. The number of para-hydroxylation sites is 1. The van der Waals surface area contributed by atoms with Gasteiger partial charge in [0.05, 0.1) is 6.61 Å². The zero-order valence-electron chi connectivity index (χ0n) is 11.2. The molecular formula is C15H21NO2. The van der Waals surface area contributed by atoms with Crippen LogP contribution in [0.5, 0.6) is 5.75 Å². The third kappa shape index (κ3) is 2.84. The molecule has 18 heavy (non-hydrogen) atoms. The molecule has 2 rings (SSSR count). The van der Waals surface area contributed by atoms with Crippen molar-refractivity contribution in [1.82, 2.24) is 4.90 Å². The Morgan fingerprint density at radius 3 is 3.00 bits per heavy atom. The van der Waals surface area contributed by atoms with Crippen molar-refractivity contribution < 1.29 is 9.53 Å². The Kier molecular flexibility index (Phi) is 4.24. The van der Waals surface area contributed by atoms with E-state index in [-0.39, 0.29) is 11.8 Å². The Hall–Kier alpha value is -1.51. The number of rotatable bonds is 5. The highest BCUT2D eigenvalue weighted by atomic mass is 16.5. The summed E-state index contributed by atoms with van der Waals surface area (Å²) in [5.41, 5.74) is 1.18. The van der Waals surface area contributed by atoms with Crippen LogP contribution >= 0.6 is 0 Å². The van der Waals surface area contributed by atoms with Crippen LogP contribution in [0, 0.1) is 0 Å². The fraction of sp³-hybridized carbons (Fsp3) is 0.533. The standard InChI is InChI=1S/C15H21NO2/c1-3-4-9-16(2)15(17)10-12-11-18-14-8-6-5-7-13(12)14/h5-8,12H,3-4,9-11H2,1-2H3. The summed E-state index contributed by atoms with van der Waals surface area (Å²) in [6, 6.07) is 8.01. The van der Waals surface area contributed by atoms with E-state index in [9.17, 15) is 4.79 Å². The predicted molar refractivity (Wildman–Crippen MR) is 71.8 cm³/mol. The van der Waals surface area contributed by atoms with Gasteiger partial charge in [-0.2, -0.15) is 0 Å². The van der Waals surface area contributed by atoms with Crippen molar-refractivity contribution in [2.24, 2.45) is 0 Å². The first-order valence-electron chi connectivity index (χ1n) is 6.68. The number of hydrogen-bond acceptors (Lipinski definition) is 2. The number of benzene rings is 1. The van der Waals surface area contributed by atoms with Crippen LogP contribution in [0.1, 0.15) is 37.7 Å². The quantitative estimate of drug-likeness (QED) is 0.800. The summed E-state index contributed by atoms with van der Waals surface area (Å²) in [6.45, 7) is 3.62. The smallest absolute Gasteiger partial charge is 0.223 e. The Morgan fingerprint density at radius 1 is 1.44 bits per heavy atom. The van der Waals surface area contributed by atoms with Gasteiger partial charge in [0.1, 0.15) is 5.75 Å². The van der Waals surface area contributed by atoms with E-state index in [2.05, 4.69) is 13.0 Å². The van der Waals surface area contributed by atoms with Crippen molar-refractivity contribution in [2.75, 3.05) is 20.2 Å². The molecule has 1 aromatic carbocycles. The summed E-state index contributed by atoms with van der Waals surface area (Å²) in [5.74, 6) is 1.37. The number of unbranched alkanes of at least 4 members (excludes halogenated alkanes) is 1. The molecule has 1 aromatic rings. The van der Waals surface area contributed by atoms with Gasteiger partial charge in [-0.3, -0.25) is 4.79 Å². The van der Waals surface area contributed by atoms with E-state index in [0.29, 0.717) is 13.0 Å². The first-order chi connectivity index (χ1) is 8.72. The highest BCUT2D eigenvalue weighted by Crippen LogP contribution is 2.35. The number of carbonyl (C=O) groups excluding carboxylic acids is 1. The predicted octanol–water partition coefficient (Wildman–Crippen LogP) is 2.81. The van der Waals surface area contributed by atoms with Crippen LogP contribution < -0.4 is 4.74 Å². The summed E-state index contributed by atoms with van der Waals surface area (Å²) in [5, 5.41) is 0. The van der Waals surface area contributed by atoms with Gasteiger partial charge in [-0.05, 0) is 12.5 Å². The topological polar surface area (TPSA) is 29.5 Å². The lowest BCUT2D eigenvalue weighted by Crippen LogP contribution is -2.29. The van der Waals surface area contributed by atoms with E-state index in [1.54, 1.807) is 0 Å². The second kappa shape index (κ2) is 5.89. The van der Waals surface area contributed by atoms with Crippen LogP contribution in [0.2, 0.25) is 0 Å². The van der Waals surface area contributed by atoms with E-state index in [1.165, 1.54) is 5.56 Å². The van der Waals surface area contributed by atoms with Crippen molar-refractivity contribution in [3.8, 4) is 5.75 Å². The normalized spacial score (nSPS) is 17.1. The molecule has 1 atom stereocenters. The molecule has 1 unspecified atom stereocenters. The highest BCUT2D eigenvalue weighted by molar-refractivity contribution is 5.77. The molecule has 0 saturated carbocycles. The lowest BCUT2D eigenvalue weighted by Gasteiger charge is -2.18. The first-order valence-corrected chi connectivity index (χ1v) is 6.68. The van der Waals surface area contributed by atoms with Crippen molar-refractivity contribution in [3.05, 3.63) is 29.8 Å². The van der Waals surface area contributed by atoms with Crippen LogP contribution in [0.15, 0.2) is 24.3 Å². The summed E-state index contributed by atoms with van der Waals surface area (Å²) in [6.07, 6.45) is 2.74. The molecule has 0 N–H and O–H groups in total. The van der Waals surface area contributed by atoms with Crippen molar-refractivity contribution in [1.29, 1.82) is 0 Å². The molecule has 0 aromatic heterocycles. The lowest BCUT2D eigenvalue weighted by molar-refractivity contribution is -0.130. The largest absolute Gasteiger partial charge is 0.493 e. The van der Waals surface area contributed by atoms with Gasteiger partial charge in [0.25, 0.3) is 0 Å². The first kappa shape index (κ1) is 12.9. The van der Waals surface area contributed by atoms with Crippen LogP contribution in [-0.4, -0.2) is 31.0 Å². The number of fused-ring (bicyclic) bond motifs is 1. The van der Waals surface area contributed by atoms with E-state index in [0.717, 1.165) is 25.1 Å². The Balaban J connectivity index is 1.93. The third-order valence-corrected chi connectivity index (χ3v) is 3.49. The minimum Gasteiger partial charge on any atom is -0.493 e. The van der Waals surface area contributed by atoms with Gasteiger partial charge in [0, 0.05) is 31.5 Å². The van der Waals surface area contributed by atoms with Gasteiger partial charge >= 0.3 is 0 Å². The monoisotopic (exact) mass is 247 g/mol. The Morgan fingerprint density at radius 2 is 2.22 bits per heavy atom. The van der Waals surface area contributed by atoms with E-state index in [1.807, 2.05) is 30.1 Å². The second-order valence-corrected chi connectivity index (χ2v) is 4.92. The molecule has 0 saturated heterocycles. The Bertz CT molecular complexity index is 417. The number of amides is 1. The molecule has 1 aliphatic rings. The highest BCUT2D eigenvalue weighted by Gasteiger charge is 2.26. The zero-order chi connectivity index (χ0) is 13.0.